The van der Waals surface area contributed by atoms with E-state index in [1.165, 1.54) is 30.1 Å². The first-order valence-corrected chi connectivity index (χ1v) is 10.7. The van der Waals surface area contributed by atoms with Gasteiger partial charge < -0.3 is 15.3 Å². The summed E-state index contributed by atoms with van der Waals surface area (Å²) in [5.41, 5.74) is 5.86. The number of carbonyl (C=O) groups excluding carboxylic acids is 2. The molecule has 0 saturated heterocycles. The minimum absolute atomic E-state index is 0.0397. The van der Waals surface area contributed by atoms with Gasteiger partial charge >= 0.3 is 0 Å². The lowest BCUT2D eigenvalue weighted by molar-refractivity contribution is -0.368. The van der Waals surface area contributed by atoms with E-state index in [9.17, 15) is 14.7 Å². The van der Waals surface area contributed by atoms with Gasteiger partial charge in [0.25, 0.3) is 0 Å². The molecule has 1 amide bonds. The number of nitrogens with zero attached hydrogens (tertiary/aromatic N) is 1. The summed E-state index contributed by atoms with van der Waals surface area (Å²) in [6, 6.07) is 18.6. The van der Waals surface area contributed by atoms with Gasteiger partial charge in [0.15, 0.2) is 5.76 Å². The van der Waals surface area contributed by atoms with Crippen LogP contribution in [0.25, 0.3) is 0 Å². The Morgan fingerprint density at radius 3 is 2.28 bits per heavy atom. The van der Waals surface area contributed by atoms with Crippen molar-refractivity contribution in [2.24, 2.45) is 0 Å². The number of Topliss-reactive ketones (excluding diaryl/α,β-unsaturated/α-hetero) is 1. The van der Waals surface area contributed by atoms with Crippen LogP contribution in [0.4, 0.5) is 5.69 Å². The molecule has 6 nitrogen and oxygen atoms in total. The van der Waals surface area contributed by atoms with Crippen LogP contribution in [0, 0.1) is 6.92 Å². The van der Waals surface area contributed by atoms with Gasteiger partial charge in [-0.05, 0) is 48.9 Å². The molecule has 1 aliphatic rings. The number of amides is 1. The van der Waals surface area contributed by atoms with E-state index in [1.54, 1.807) is 30.3 Å². The van der Waals surface area contributed by atoms with Crippen LogP contribution >= 0.6 is 0 Å². The van der Waals surface area contributed by atoms with E-state index in [0.29, 0.717) is 11.3 Å². The summed E-state index contributed by atoms with van der Waals surface area (Å²) < 4.78 is 5.18. The highest BCUT2D eigenvalue weighted by Crippen LogP contribution is 2.41. The maximum Gasteiger partial charge on any atom is 0.244 e. The molecule has 1 atom stereocenters. The van der Waals surface area contributed by atoms with Crippen LogP contribution in [0.1, 0.15) is 47.5 Å². The molecule has 0 spiro atoms. The molecule has 0 bridgehead atoms. The molecule has 0 aliphatic carbocycles. The standard InChI is InChI=1S/C22H17NO4.C4H11N/c1-14-9-11-16(12-10-14)23-19(15-6-3-2-4-7-15)18(21(25)22(23)26)20(24)17-8-5-13-27-17;1-2-3-4-5/h2-13,19,25H,1H3;2-5H2,1H3. The van der Waals surface area contributed by atoms with Gasteiger partial charge in [-0.1, -0.05) is 61.4 Å². The Balaban J connectivity index is 0.000000523. The molecule has 2 heterocycles. The maximum absolute atomic E-state index is 12.9. The molecule has 4 rings (SSSR count). The van der Waals surface area contributed by atoms with Crippen molar-refractivity contribution in [3.8, 4) is 0 Å². The van der Waals surface area contributed by atoms with Crippen LogP contribution in [0.3, 0.4) is 0 Å². The molecule has 0 fully saturated rings. The summed E-state index contributed by atoms with van der Waals surface area (Å²) in [5, 5.41) is 12.8. The van der Waals surface area contributed by atoms with E-state index in [2.05, 4.69) is 12.7 Å². The molecule has 1 aromatic heterocycles. The highest BCUT2D eigenvalue weighted by molar-refractivity contribution is 6.19. The first-order valence-electron chi connectivity index (χ1n) is 10.7. The monoisotopic (exact) mass is 432 g/mol. The van der Waals surface area contributed by atoms with Crippen LogP contribution in [-0.2, 0) is 4.79 Å². The van der Waals surface area contributed by atoms with Gasteiger partial charge in [0.1, 0.15) is 0 Å². The largest absolute Gasteiger partial charge is 0.868 e. The van der Waals surface area contributed by atoms with E-state index in [1.807, 2.05) is 37.3 Å². The van der Waals surface area contributed by atoms with E-state index in [4.69, 9.17) is 4.42 Å². The fraction of sp³-hybridized carbons (Fsp3) is 0.231. The topological polar surface area (TPSA) is 101 Å². The predicted octanol–water partition coefficient (Wildman–Crippen LogP) is 3.20. The van der Waals surface area contributed by atoms with Gasteiger partial charge in [-0.25, -0.2) is 0 Å². The third-order valence-electron chi connectivity index (χ3n) is 5.21. The first-order chi connectivity index (χ1) is 15.5. The molecule has 32 heavy (non-hydrogen) atoms. The number of quaternary nitrogens is 1. The molecule has 3 aromatic rings. The van der Waals surface area contributed by atoms with Crippen molar-refractivity contribution >= 4 is 17.4 Å². The van der Waals surface area contributed by atoms with Crippen molar-refractivity contribution in [3.05, 3.63) is 101 Å². The highest BCUT2D eigenvalue weighted by atomic mass is 16.3. The Bertz CT molecular complexity index is 1070. The Morgan fingerprint density at radius 2 is 1.75 bits per heavy atom. The minimum Gasteiger partial charge on any atom is -0.868 e. The number of benzene rings is 2. The molecule has 1 unspecified atom stereocenters. The number of hydrogen-bond acceptors (Lipinski definition) is 4. The van der Waals surface area contributed by atoms with Crippen molar-refractivity contribution in [2.75, 3.05) is 11.4 Å². The number of furan rings is 1. The summed E-state index contributed by atoms with van der Waals surface area (Å²) in [4.78, 5) is 27.2. The highest BCUT2D eigenvalue weighted by Gasteiger charge is 2.41. The molecule has 0 saturated carbocycles. The fourth-order valence-corrected chi connectivity index (χ4v) is 3.54. The van der Waals surface area contributed by atoms with Gasteiger partial charge in [0.05, 0.1) is 18.8 Å². The summed E-state index contributed by atoms with van der Waals surface area (Å²) in [6.07, 6.45) is 3.92. The zero-order valence-electron chi connectivity index (χ0n) is 18.4. The molecule has 3 N–H and O–H groups in total. The summed E-state index contributed by atoms with van der Waals surface area (Å²) in [5.74, 6) is -2.05. The van der Waals surface area contributed by atoms with Crippen LogP contribution < -0.4 is 15.7 Å². The van der Waals surface area contributed by atoms with E-state index < -0.39 is 23.5 Å². The Morgan fingerprint density at radius 1 is 1.06 bits per heavy atom. The zero-order valence-corrected chi connectivity index (χ0v) is 18.4. The van der Waals surface area contributed by atoms with Crippen LogP contribution in [0.2, 0.25) is 0 Å². The Labute approximate surface area is 188 Å². The van der Waals surface area contributed by atoms with Crippen molar-refractivity contribution in [3.63, 3.8) is 0 Å². The normalized spacial score (nSPS) is 15.5. The van der Waals surface area contributed by atoms with Crippen molar-refractivity contribution < 1.29 is 24.8 Å². The average molecular weight is 433 g/mol. The number of rotatable bonds is 6. The fourth-order valence-electron chi connectivity index (χ4n) is 3.54. The molecular weight excluding hydrogens is 404 g/mol. The molecule has 2 aromatic carbocycles. The molecule has 166 valence electrons. The minimum atomic E-state index is -0.800. The summed E-state index contributed by atoms with van der Waals surface area (Å²) in [6.45, 7) is 5.20. The lowest BCUT2D eigenvalue weighted by atomic mass is 9.95. The van der Waals surface area contributed by atoms with Crippen molar-refractivity contribution in [2.45, 2.75) is 32.7 Å². The smallest absolute Gasteiger partial charge is 0.244 e. The Kier molecular flexibility index (Phi) is 7.63. The van der Waals surface area contributed by atoms with E-state index in [0.717, 1.165) is 12.1 Å². The molecular formula is C26H28N2O4. The van der Waals surface area contributed by atoms with Gasteiger partial charge in [-0.2, -0.15) is 0 Å². The van der Waals surface area contributed by atoms with Crippen LogP contribution in [0.5, 0.6) is 0 Å². The quantitative estimate of drug-likeness (QED) is 0.604. The average Bonchev–Trinajstić information content (AvgIpc) is 3.43. The van der Waals surface area contributed by atoms with Gasteiger partial charge in [0, 0.05) is 11.3 Å². The van der Waals surface area contributed by atoms with E-state index >= 15 is 0 Å². The summed E-state index contributed by atoms with van der Waals surface area (Å²) >= 11 is 0. The number of carbonyl (C=O) groups is 2. The maximum atomic E-state index is 12.9. The lowest BCUT2D eigenvalue weighted by Crippen LogP contribution is -2.49. The second-order valence-electron chi connectivity index (χ2n) is 7.58. The Hall–Kier alpha value is -3.64. The third-order valence-corrected chi connectivity index (χ3v) is 5.21. The molecule has 6 heteroatoms. The number of aryl methyl sites for hydroxylation is 1. The van der Waals surface area contributed by atoms with Crippen molar-refractivity contribution in [1.82, 2.24) is 0 Å². The van der Waals surface area contributed by atoms with E-state index in [-0.39, 0.29) is 11.3 Å². The third kappa shape index (κ3) is 4.81. The number of hydrogen-bond donors (Lipinski definition) is 1. The van der Waals surface area contributed by atoms with Gasteiger partial charge in [-0.15, -0.1) is 0 Å². The van der Waals surface area contributed by atoms with Crippen molar-refractivity contribution in [1.29, 1.82) is 0 Å². The second-order valence-corrected chi connectivity index (χ2v) is 7.58. The van der Waals surface area contributed by atoms with Gasteiger partial charge in [0.2, 0.25) is 11.7 Å². The molecule has 1 aliphatic heterocycles. The number of anilines is 1. The second kappa shape index (κ2) is 10.6. The van der Waals surface area contributed by atoms with Crippen LogP contribution in [0.15, 0.2) is 88.7 Å². The number of unbranched alkanes of at least 4 members (excludes halogenated alkanes) is 1. The zero-order chi connectivity index (χ0) is 23.1. The predicted molar refractivity (Wildman–Crippen MR) is 121 cm³/mol. The van der Waals surface area contributed by atoms with Crippen LogP contribution in [-0.4, -0.2) is 18.2 Å². The summed E-state index contributed by atoms with van der Waals surface area (Å²) in [7, 11) is 0. The molecule has 0 radical (unpaired) electrons. The number of ketones is 1. The first kappa shape index (κ1) is 23.0. The lowest BCUT2D eigenvalue weighted by Gasteiger charge is -2.27. The SMILES string of the molecule is CCCC[NH3+].Cc1ccc(N2C(=O)C([O-])=C(C(=O)c3ccco3)C2c2ccccc2)cc1. The van der Waals surface area contributed by atoms with Gasteiger partial charge in [-0.3, -0.25) is 14.5 Å².